The molecule has 0 atom stereocenters. The van der Waals surface area contributed by atoms with E-state index in [1.165, 1.54) is 5.39 Å². The number of aromatic nitrogens is 1. The molecule has 2 heteroatoms. The van der Waals surface area contributed by atoms with Gasteiger partial charge in [0.1, 0.15) is 0 Å². The molecule has 3 aromatic rings. The van der Waals surface area contributed by atoms with Crippen molar-refractivity contribution in [3.05, 3.63) is 79.0 Å². The summed E-state index contributed by atoms with van der Waals surface area (Å²) < 4.78 is 0. The maximum atomic E-state index is 4.18. The van der Waals surface area contributed by atoms with Gasteiger partial charge < -0.3 is 0 Å². The van der Waals surface area contributed by atoms with Crippen LogP contribution in [0.25, 0.3) is 10.9 Å². The molecule has 0 amide bonds. The molecule has 1 radical (unpaired) electrons. The average molecular weight is 398 g/mol. The van der Waals surface area contributed by atoms with E-state index in [-0.39, 0.29) is 20.1 Å². The largest absolute Gasteiger partial charge is 0.256 e. The third-order valence-corrected chi connectivity index (χ3v) is 2.12. The van der Waals surface area contributed by atoms with Crippen LogP contribution >= 0.6 is 0 Å². The second kappa shape index (κ2) is 7.72. The van der Waals surface area contributed by atoms with Gasteiger partial charge in [-0.25, -0.2) is 0 Å². The molecule has 0 bridgehead atoms. The first-order valence-electron chi connectivity index (χ1n) is 5.18. The Bertz CT molecular complexity index is 445. The molecule has 3 rings (SSSR count). The minimum Gasteiger partial charge on any atom is -0.256 e. The Labute approximate surface area is 115 Å². The summed E-state index contributed by atoms with van der Waals surface area (Å²) in [6.07, 6.45) is 1.81. The number of nitrogens with zero attached hydrogens (tertiary/aromatic N) is 1. The van der Waals surface area contributed by atoms with Gasteiger partial charge in [-0.05, 0) is 12.1 Å². The van der Waals surface area contributed by atoms with Gasteiger partial charge in [0, 0.05) is 31.7 Å². The van der Waals surface area contributed by atoms with E-state index in [0.29, 0.717) is 0 Å². The molecule has 0 saturated carbocycles. The van der Waals surface area contributed by atoms with Crippen molar-refractivity contribution in [2.45, 2.75) is 0 Å². The first kappa shape index (κ1) is 13.6. The molecular formula is C15H12IrN-. The van der Waals surface area contributed by atoms with Crippen LogP contribution < -0.4 is 0 Å². The number of hydrogen-bond acceptors (Lipinski definition) is 1. The smallest absolute Gasteiger partial charge is 0.0701 e. The number of fused-ring (bicyclic) bond motifs is 1. The second-order valence-electron chi connectivity index (χ2n) is 3.27. The Balaban J connectivity index is 0.000000180. The fourth-order valence-corrected chi connectivity index (χ4v) is 1.36. The zero-order valence-corrected chi connectivity index (χ0v) is 11.6. The third-order valence-electron chi connectivity index (χ3n) is 2.12. The quantitative estimate of drug-likeness (QED) is 0.526. The van der Waals surface area contributed by atoms with Gasteiger partial charge in [0.15, 0.2) is 0 Å². The Morgan fingerprint density at radius 3 is 2.06 bits per heavy atom. The van der Waals surface area contributed by atoms with E-state index in [9.17, 15) is 0 Å². The number of pyridine rings is 1. The van der Waals surface area contributed by atoms with Gasteiger partial charge in [-0.3, -0.25) is 4.98 Å². The number of hydrogen-bond donors (Lipinski definition) is 0. The predicted octanol–water partition coefficient (Wildman–Crippen LogP) is 3.72. The number of rotatable bonds is 0. The summed E-state index contributed by atoms with van der Waals surface area (Å²) in [5.41, 5.74) is 1.06. The van der Waals surface area contributed by atoms with E-state index in [4.69, 9.17) is 0 Å². The standard InChI is InChI=1S/C9H7N.C6H5.Ir/c1-2-6-9-8(4-1)5-3-7-10-9;1-2-4-6-5-3-1;/h1-7H;1-5H;/q;-1;. The van der Waals surface area contributed by atoms with Gasteiger partial charge in [0.05, 0.1) is 5.52 Å². The molecule has 2 aromatic carbocycles. The first-order chi connectivity index (χ1) is 7.97. The van der Waals surface area contributed by atoms with Gasteiger partial charge in [0.25, 0.3) is 0 Å². The van der Waals surface area contributed by atoms with Crippen LogP contribution in [0.2, 0.25) is 0 Å². The van der Waals surface area contributed by atoms with Crippen LogP contribution in [0.15, 0.2) is 72.9 Å². The van der Waals surface area contributed by atoms with Gasteiger partial charge in [-0.1, -0.05) is 24.3 Å². The van der Waals surface area contributed by atoms with E-state index in [1.807, 2.05) is 60.8 Å². The number of benzene rings is 2. The zero-order chi connectivity index (χ0) is 11.1. The predicted molar refractivity (Wildman–Crippen MR) is 67.0 cm³/mol. The van der Waals surface area contributed by atoms with Gasteiger partial charge >= 0.3 is 0 Å². The summed E-state index contributed by atoms with van der Waals surface area (Å²) in [5, 5.41) is 1.20. The fraction of sp³-hybridized carbons (Fsp3) is 0. The van der Waals surface area contributed by atoms with Crippen molar-refractivity contribution in [2.75, 3.05) is 0 Å². The van der Waals surface area contributed by atoms with Crippen LogP contribution in [0, 0.1) is 6.07 Å². The molecule has 17 heavy (non-hydrogen) atoms. The third kappa shape index (κ3) is 4.47. The summed E-state index contributed by atoms with van der Waals surface area (Å²) in [5.74, 6) is 0. The van der Waals surface area contributed by atoms with Crippen LogP contribution in [0.4, 0.5) is 0 Å². The maximum absolute atomic E-state index is 4.18. The van der Waals surface area contributed by atoms with Crippen LogP contribution in [0.5, 0.6) is 0 Å². The van der Waals surface area contributed by atoms with Crippen molar-refractivity contribution >= 4 is 10.9 Å². The van der Waals surface area contributed by atoms with Crippen molar-refractivity contribution in [1.82, 2.24) is 4.98 Å². The minimum atomic E-state index is 0. The van der Waals surface area contributed by atoms with E-state index < -0.39 is 0 Å². The Hall–Kier alpha value is -1.50. The molecule has 0 N–H and O–H groups in total. The van der Waals surface area contributed by atoms with E-state index in [2.05, 4.69) is 23.2 Å². The van der Waals surface area contributed by atoms with E-state index in [1.54, 1.807) is 0 Å². The van der Waals surface area contributed by atoms with Gasteiger partial charge in [0.2, 0.25) is 0 Å². The SMILES string of the molecule is [Ir].[c-]1ccccc1.c1ccc2ncccc2c1. The molecule has 0 aliphatic heterocycles. The average Bonchev–Trinajstić information content (AvgIpc) is 2.42. The van der Waals surface area contributed by atoms with Crippen LogP contribution in [0.3, 0.4) is 0 Å². The van der Waals surface area contributed by atoms with Crippen molar-refractivity contribution < 1.29 is 20.1 Å². The topological polar surface area (TPSA) is 12.9 Å². The van der Waals surface area contributed by atoms with Crippen LogP contribution in [0.1, 0.15) is 0 Å². The van der Waals surface area contributed by atoms with Crippen molar-refractivity contribution in [3.63, 3.8) is 0 Å². The molecule has 0 aliphatic rings. The monoisotopic (exact) mass is 399 g/mol. The van der Waals surface area contributed by atoms with Crippen LogP contribution in [-0.2, 0) is 20.1 Å². The van der Waals surface area contributed by atoms with E-state index in [0.717, 1.165) is 5.52 Å². The summed E-state index contributed by atoms with van der Waals surface area (Å²) in [6.45, 7) is 0. The Morgan fingerprint density at radius 2 is 1.47 bits per heavy atom. The Kier molecular flexibility index (Phi) is 6.16. The van der Waals surface area contributed by atoms with Gasteiger partial charge in [-0.15, -0.1) is 0 Å². The molecule has 0 spiro atoms. The maximum Gasteiger partial charge on any atom is 0.0701 e. The molecule has 1 nitrogen and oxygen atoms in total. The molecule has 1 aromatic heterocycles. The zero-order valence-electron chi connectivity index (χ0n) is 9.21. The molecular weight excluding hydrogens is 386 g/mol. The summed E-state index contributed by atoms with van der Waals surface area (Å²) in [4.78, 5) is 4.18. The fourth-order valence-electron chi connectivity index (χ4n) is 1.36. The van der Waals surface area contributed by atoms with Crippen molar-refractivity contribution in [1.29, 1.82) is 0 Å². The summed E-state index contributed by atoms with van der Waals surface area (Å²) in [7, 11) is 0. The molecule has 0 fully saturated rings. The van der Waals surface area contributed by atoms with E-state index >= 15 is 0 Å². The number of para-hydroxylation sites is 1. The first-order valence-corrected chi connectivity index (χ1v) is 5.18. The summed E-state index contributed by atoms with van der Waals surface area (Å²) >= 11 is 0. The summed E-state index contributed by atoms with van der Waals surface area (Å²) in [6, 6.07) is 24.6. The molecule has 0 saturated heterocycles. The molecule has 0 unspecified atom stereocenters. The molecule has 87 valence electrons. The Morgan fingerprint density at radius 1 is 0.765 bits per heavy atom. The van der Waals surface area contributed by atoms with Crippen molar-refractivity contribution in [3.8, 4) is 0 Å². The second-order valence-corrected chi connectivity index (χ2v) is 3.27. The molecule has 1 heterocycles. The normalized spacial score (nSPS) is 8.71. The van der Waals surface area contributed by atoms with Crippen molar-refractivity contribution in [2.24, 2.45) is 0 Å². The van der Waals surface area contributed by atoms with Gasteiger partial charge in [-0.2, -0.15) is 36.4 Å². The van der Waals surface area contributed by atoms with Crippen LogP contribution in [-0.4, -0.2) is 4.98 Å². The molecule has 0 aliphatic carbocycles. The minimum absolute atomic E-state index is 0.